The molecule has 0 spiro atoms. The molecule has 0 aromatic heterocycles. The maximum Gasteiger partial charge on any atom is 0.237 e. The number of nitrogens with zero attached hydrogens (tertiary/aromatic N) is 2. The highest BCUT2D eigenvalue weighted by atomic mass is 19.1. The number of carbonyl (C=O) groups is 1. The molecule has 1 N–H and O–H groups in total. The summed E-state index contributed by atoms with van der Waals surface area (Å²) in [7, 11) is 1.47. The van der Waals surface area contributed by atoms with Gasteiger partial charge in [-0.15, -0.1) is 0 Å². The fourth-order valence-electron chi connectivity index (χ4n) is 2.94. The molecule has 0 saturated carbocycles. The molecule has 1 amide bonds. The Kier molecular flexibility index (Phi) is 6.99. The van der Waals surface area contributed by atoms with Gasteiger partial charge >= 0.3 is 0 Å². The van der Waals surface area contributed by atoms with Crippen molar-refractivity contribution in [1.82, 2.24) is 15.1 Å². The molecule has 1 fully saturated rings. The van der Waals surface area contributed by atoms with Crippen LogP contribution in [-0.2, 0) is 11.3 Å². The summed E-state index contributed by atoms with van der Waals surface area (Å²) in [5.41, 5.74) is 0.940. The van der Waals surface area contributed by atoms with Gasteiger partial charge in [0.25, 0.3) is 0 Å². The van der Waals surface area contributed by atoms with Gasteiger partial charge in [-0.05, 0) is 31.0 Å². The molecule has 0 radical (unpaired) electrons. The second-order valence-corrected chi connectivity index (χ2v) is 6.25. The van der Waals surface area contributed by atoms with E-state index in [0.717, 1.165) is 44.7 Å². The van der Waals surface area contributed by atoms with Crippen molar-refractivity contribution in [2.75, 3.05) is 39.8 Å². The maximum absolute atomic E-state index is 13.8. The van der Waals surface area contributed by atoms with E-state index in [1.165, 1.54) is 13.2 Å². The number of benzene rings is 1. The molecule has 1 heterocycles. The summed E-state index contributed by atoms with van der Waals surface area (Å²) in [5.74, 6) is 0.0489. The lowest BCUT2D eigenvalue weighted by Gasteiger charge is -2.37. The first kappa shape index (κ1) is 18.7. The number of amides is 1. The molecule has 0 aliphatic carbocycles. The Hall–Kier alpha value is -1.66. The molecule has 134 valence electrons. The highest BCUT2D eigenvalue weighted by Crippen LogP contribution is 2.19. The van der Waals surface area contributed by atoms with Gasteiger partial charge in [0.1, 0.15) is 0 Å². The maximum atomic E-state index is 13.8. The van der Waals surface area contributed by atoms with Crippen molar-refractivity contribution in [1.29, 1.82) is 0 Å². The summed E-state index contributed by atoms with van der Waals surface area (Å²) in [6.45, 7) is 8.89. The van der Waals surface area contributed by atoms with Crippen LogP contribution in [-0.4, -0.2) is 61.6 Å². The fourth-order valence-corrected chi connectivity index (χ4v) is 2.94. The SMILES string of the molecule is CCCNC(=O)C(C)N1CCN(Cc2ccc(OC)c(F)c2)CC1. The molecule has 5 nitrogen and oxygen atoms in total. The second-order valence-electron chi connectivity index (χ2n) is 6.25. The third-order valence-electron chi connectivity index (χ3n) is 4.51. The van der Waals surface area contributed by atoms with Crippen molar-refractivity contribution in [2.45, 2.75) is 32.9 Å². The Morgan fingerprint density at radius 3 is 2.62 bits per heavy atom. The summed E-state index contributed by atoms with van der Waals surface area (Å²) in [5, 5.41) is 2.95. The van der Waals surface area contributed by atoms with E-state index in [1.807, 2.05) is 19.9 Å². The lowest BCUT2D eigenvalue weighted by atomic mass is 10.1. The summed E-state index contributed by atoms with van der Waals surface area (Å²) in [6.07, 6.45) is 0.949. The van der Waals surface area contributed by atoms with Gasteiger partial charge in [-0.3, -0.25) is 14.6 Å². The number of nitrogens with one attached hydrogen (secondary N) is 1. The third-order valence-corrected chi connectivity index (χ3v) is 4.51. The number of carbonyl (C=O) groups excluding carboxylic acids is 1. The molecular formula is C18H28FN3O2. The molecule has 24 heavy (non-hydrogen) atoms. The number of methoxy groups -OCH3 is 1. The van der Waals surface area contributed by atoms with Crippen molar-refractivity contribution in [3.05, 3.63) is 29.6 Å². The minimum atomic E-state index is -0.324. The molecule has 1 aliphatic rings. The van der Waals surface area contributed by atoms with Crippen LogP contribution in [0.15, 0.2) is 18.2 Å². The molecule has 0 bridgehead atoms. The predicted octanol–water partition coefficient (Wildman–Crippen LogP) is 1.87. The van der Waals surface area contributed by atoms with Crippen LogP contribution < -0.4 is 10.1 Å². The zero-order chi connectivity index (χ0) is 17.5. The van der Waals surface area contributed by atoms with Crippen LogP contribution in [0.4, 0.5) is 4.39 Å². The van der Waals surface area contributed by atoms with Crippen LogP contribution in [0.3, 0.4) is 0 Å². The summed E-state index contributed by atoms with van der Waals surface area (Å²) >= 11 is 0. The third kappa shape index (κ3) is 4.92. The van der Waals surface area contributed by atoms with E-state index in [4.69, 9.17) is 4.74 Å². The average Bonchev–Trinajstić information content (AvgIpc) is 2.60. The molecule has 1 saturated heterocycles. The largest absolute Gasteiger partial charge is 0.494 e. The van der Waals surface area contributed by atoms with Crippen LogP contribution >= 0.6 is 0 Å². The van der Waals surface area contributed by atoms with Gasteiger partial charge in [-0.2, -0.15) is 0 Å². The Balaban J connectivity index is 1.82. The summed E-state index contributed by atoms with van der Waals surface area (Å²) in [6, 6.07) is 5.00. The lowest BCUT2D eigenvalue weighted by Crippen LogP contribution is -2.53. The van der Waals surface area contributed by atoms with Gasteiger partial charge in [-0.1, -0.05) is 13.0 Å². The quantitative estimate of drug-likeness (QED) is 0.825. The Bertz CT molecular complexity index is 545. The van der Waals surface area contributed by atoms with Crippen molar-refractivity contribution in [3.63, 3.8) is 0 Å². The number of rotatable bonds is 7. The zero-order valence-electron chi connectivity index (χ0n) is 14.8. The standard InChI is InChI=1S/C18H28FN3O2/c1-4-7-20-18(23)14(2)22-10-8-21(9-11-22)13-15-5-6-17(24-3)16(19)12-15/h5-6,12,14H,4,7-11,13H2,1-3H3,(H,20,23). The number of halogens is 1. The monoisotopic (exact) mass is 337 g/mol. The van der Waals surface area contributed by atoms with Crippen molar-refractivity contribution < 1.29 is 13.9 Å². The lowest BCUT2D eigenvalue weighted by molar-refractivity contribution is -0.126. The van der Waals surface area contributed by atoms with Crippen molar-refractivity contribution in [3.8, 4) is 5.75 Å². The van der Waals surface area contributed by atoms with Gasteiger partial charge in [0.05, 0.1) is 13.2 Å². The van der Waals surface area contributed by atoms with E-state index in [0.29, 0.717) is 6.54 Å². The minimum absolute atomic E-state index is 0.0996. The fraction of sp³-hybridized carbons (Fsp3) is 0.611. The van der Waals surface area contributed by atoms with E-state index >= 15 is 0 Å². The number of hydrogen-bond acceptors (Lipinski definition) is 4. The second kappa shape index (κ2) is 8.99. The van der Waals surface area contributed by atoms with Gasteiger partial charge in [0.2, 0.25) is 5.91 Å². The van der Waals surface area contributed by atoms with E-state index in [-0.39, 0.29) is 23.5 Å². The Morgan fingerprint density at radius 2 is 2.04 bits per heavy atom. The first-order chi connectivity index (χ1) is 11.5. The van der Waals surface area contributed by atoms with E-state index in [2.05, 4.69) is 15.1 Å². The van der Waals surface area contributed by atoms with Gasteiger partial charge in [0, 0.05) is 39.3 Å². The molecule has 2 rings (SSSR count). The predicted molar refractivity (Wildman–Crippen MR) is 92.6 cm³/mol. The van der Waals surface area contributed by atoms with E-state index in [1.54, 1.807) is 6.07 Å². The molecular weight excluding hydrogens is 309 g/mol. The van der Waals surface area contributed by atoms with Gasteiger partial charge in [0.15, 0.2) is 11.6 Å². The average molecular weight is 337 g/mol. The Labute approximate surface area is 143 Å². The zero-order valence-corrected chi connectivity index (χ0v) is 14.8. The van der Waals surface area contributed by atoms with Crippen molar-refractivity contribution >= 4 is 5.91 Å². The number of piperazine rings is 1. The van der Waals surface area contributed by atoms with Crippen LogP contribution in [0, 0.1) is 5.82 Å². The van der Waals surface area contributed by atoms with Crippen LogP contribution in [0.1, 0.15) is 25.8 Å². The molecule has 1 aliphatic heterocycles. The van der Waals surface area contributed by atoms with Crippen LogP contribution in [0.25, 0.3) is 0 Å². The number of hydrogen-bond donors (Lipinski definition) is 1. The summed E-state index contributed by atoms with van der Waals surface area (Å²) in [4.78, 5) is 16.5. The van der Waals surface area contributed by atoms with E-state index in [9.17, 15) is 9.18 Å². The molecule has 1 unspecified atom stereocenters. The topological polar surface area (TPSA) is 44.8 Å². The first-order valence-corrected chi connectivity index (χ1v) is 8.61. The highest BCUT2D eigenvalue weighted by Gasteiger charge is 2.25. The molecule has 1 aromatic rings. The molecule has 1 atom stereocenters. The highest BCUT2D eigenvalue weighted by molar-refractivity contribution is 5.81. The Morgan fingerprint density at radius 1 is 1.33 bits per heavy atom. The summed E-state index contributed by atoms with van der Waals surface area (Å²) < 4.78 is 18.7. The van der Waals surface area contributed by atoms with Crippen LogP contribution in [0.5, 0.6) is 5.75 Å². The molecule has 6 heteroatoms. The molecule has 1 aromatic carbocycles. The van der Waals surface area contributed by atoms with Crippen LogP contribution in [0.2, 0.25) is 0 Å². The minimum Gasteiger partial charge on any atom is -0.494 e. The first-order valence-electron chi connectivity index (χ1n) is 8.61. The number of ether oxygens (including phenoxy) is 1. The van der Waals surface area contributed by atoms with E-state index < -0.39 is 0 Å². The van der Waals surface area contributed by atoms with Gasteiger partial charge < -0.3 is 10.1 Å². The smallest absolute Gasteiger partial charge is 0.237 e. The normalized spacial score (nSPS) is 17.5. The van der Waals surface area contributed by atoms with Crippen molar-refractivity contribution in [2.24, 2.45) is 0 Å². The van der Waals surface area contributed by atoms with Gasteiger partial charge in [-0.25, -0.2) is 4.39 Å².